The lowest BCUT2D eigenvalue weighted by molar-refractivity contribution is 0.101. The van der Waals surface area contributed by atoms with Gasteiger partial charge in [0, 0.05) is 23.5 Å². The van der Waals surface area contributed by atoms with E-state index in [0.29, 0.717) is 5.56 Å². The van der Waals surface area contributed by atoms with Crippen molar-refractivity contribution in [2.24, 2.45) is 0 Å². The molecule has 0 unspecified atom stereocenters. The van der Waals surface area contributed by atoms with E-state index in [0.717, 1.165) is 16.9 Å². The van der Waals surface area contributed by atoms with E-state index < -0.39 is 0 Å². The molecule has 2 aromatic heterocycles. The summed E-state index contributed by atoms with van der Waals surface area (Å²) in [6, 6.07) is 13.4. The maximum absolute atomic E-state index is 11.4. The van der Waals surface area contributed by atoms with Crippen LogP contribution in [0.5, 0.6) is 0 Å². The van der Waals surface area contributed by atoms with Gasteiger partial charge in [-0.3, -0.25) is 4.79 Å². The van der Waals surface area contributed by atoms with Crippen LogP contribution in [0.25, 0.3) is 16.9 Å². The number of carbonyl (C=O) groups excluding carboxylic acids is 1. The van der Waals surface area contributed by atoms with Gasteiger partial charge < -0.3 is 4.40 Å². The quantitative estimate of drug-likeness (QED) is 0.640. The van der Waals surface area contributed by atoms with Crippen LogP contribution in [0, 0.1) is 0 Å². The molecule has 3 aromatic rings. The number of benzene rings is 1. The van der Waals surface area contributed by atoms with Gasteiger partial charge >= 0.3 is 0 Å². The summed E-state index contributed by atoms with van der Waals surface area (Å²) in [4.78, 5) is 15.9. The van der Waals surface area contributed by atoms with Crippen LogP contribution in [0.1, 0.15) is 17.3 Å². The summed E-state index contributed by atoms with van der Waals surface area (Å²) in [5.41, 5.74) is 3.46. The number of nitrogens with zero attached hydrogens (tertiary/aromatic N) is 2. The lowest BCUT2D eigenvalue weighted by Crippen LogP contribution is -1.91. The summed E-state index contributed by atoms with van der Waals surface area (Å²) in [5.74, 6) is 0.0700. The normalized spacial score (nSPS) is 10.7. The molecule has 0 saturated heterocycles. The first-order chi connectivity index (χ1) is 8.74. The molecule has 0 atom stereocenters. The van der Waals surface area contributed by atoms with Crippen molar-refractivity contribution in [2.75, 3.05) is 0 Å². The topological polar surface area (TPSA) is 34.4 Å². The lowest BCUT2D eigenvalue weighted by atomic mass is 10.1. The Balaban J connectivity index is 2.13. The van der Waals surface area contributed by atoms with Crippen LogP contribution in [0.15, 0.2) is 54.9 Å². The Hall–Kier alpha value is -2.42. The molecule has 2 heterocycles. The minimum Gasteiger partial charge on any atom is -0.306 e. The van der Waals surface area contributed by atoms with Crippen molar-refractivity contribution < 1.29 is 4.79 Å². The van der Waals surface area contributed by atoms with Crippen molar-refractivity contribution in [1.29, 1.82) is 0 Å². The zero-order chi connectivity index (χ0) is 12.5. The Morgan fingerprint density at radius 1 is 1.17 bits per heavy atom. The number of fused-ring (bicyclic) bond motifs is 1. The van der Waals surface area contributed by atoms with Gasteiger partial charge in [0.1, 0.15) is 5.65 Å². The number of imidazole rings is 1. The van der Waals surface area contributed by atoms with Crippen molar-refractivity contribution in [3.63, 3.8) is 0 Å². The highest BCUT2D eigenvalue weighted by Crippen LogP contribution is 2.20. The molecule has 0 aliphatic rings. The van der Waals surface area contributed by atoms with Crippen LogP contribution in [-0.4, -0.2) is 15.2 Å². The molecule has 0 bridgehead atoms. The lowest BCUT2D eigenvalue weighted by Gasteiger charge is -1.99. The molecule has 3 rings (SSSR count). The fraction of sp³-hybridized carbons (Fsp3) is 0.0667. The maximum Gasteiger partial charge on any atom is 0.159 e. The van der Waals surface area contributed by atoms with E-state index >= 15 is 0 Å². The van der Waals surface area contributed by atoms with Crippen LogP contribution in [0.3, 0.4) is 0 Å². The highest BCUT2D eigenvalue weighted by atomic mass is 16.1. The predicted octanol–water partition coefficient (Wildman–Crippen LogP) is 3.20. The molecule has 0 radical (unpaired) electrons. The second kappa shape index (κ2) is 4.11. The fourth-order valence-electron chi connectivity index (χ4n) is 1.97. The Bertz CT molecular complexity index is 695. The van der Waals surface area contributed by atoms with E-state index in [2.05, 4.69) is 4.98 Å². The molecule has 88 valence electrons. The number of carbonyl (C=O) groups is 1. The van der Waals surface area contributed by atoms with Crippen LogP contribution in [0.4, 0.5) is 0 Å². The SMILES string of the molecule is CC(=O)c1cccc(-c2cn3ccccc3n2)c1. The molecule has 0 fully saturated rings. The molecule has 3 nitrogen and oxygen atoms in total. The molecule has 3 heteroatoms. The summed E-state index contributed by atoms with van der Waals surface area (Å²) in [5, 5.41) is 0. The summed E-state index contributed by atoms with van der Waals surface area (Å²) < 4.78 is 1.97. The number of rotatable bonds is 2. The van der Waals surface area contributed by atoms with E-state index in [1.807, 2.05) is 59.3 Å². The van der Waals surface area contributed by atoms with Crippen LogP contribution < -0.4 is 0 Å². The third-order valence-electron chi connectivity index (χ3n) is 2.93. The minimum atomic E-state index is 0.0700. The Morgan fingerprint density at radius 2 is 2.06 bits per heavy atom. The largest absolute Gasteiger partial charge is 0.306 e. The van der Waals surface area contributed by atoms with Gasteiger partial charge in [-0.2, -0.15) is 0 Å². The monoisotopic (exact) mass is 236 g/mol. The fourth-order valence-corrected chi connectivity index (χ4v) is 1.97. The van der Waals surface area contributed by atoms with Crippen molar-refractivity contribution in [2.45, 2.75) is 6.92 Å². The van der Waals surface area contributed by atoms with Crippen LogP contribution >= 0.6 is 0 Å². The Morgan fingerprint density at radius 3 is 2.83 bits per heavy atom. The number of hydrogen-bond donors (Lipinski definition) is 0. The second-order valence-electron chi connectivity index (χ2n) is 4.23. The molecule has 0 spiro atoms. The van der Waals surface area contributed by atoms with Crippen LogP contribution in [-0.2, 0) is 0 Å². The van der Waals surface area contributed by atoms with E-state index in [1.54, 1.807) is 6.92 Å². The molecule has 1 aromatic carbocycles. The first-order valence-corrected chi connectivity index (χ1v) is 5.79. The third-order valence-corrected chi connectivity index (χ3v) is 2.93. The number of pyridine rings is 1. The molecule has 18 heavy (non-hydrogen) atoms. The van der Waals surface area contributed by atoms with Gasteiger partial charge in [0.05, 0.1) is 5.69 Å². The van der Waals surface area contributed by atoms with Gasteiger partial charge in [0.15, 0.2) is 5.78 Å². The average Bonchev–Trinajstić information content (AvgIpc) is 2.82. The maximum atomic E-state index is 11.4. The summed E-state index contributed by atoms with van der Waals surface area (Å²) in [6.45, 7) is 1.57. The zero-order valence-electron chi connectivity index (χ0n) is 10.00. The molecular weight excluding hydrogens is 224 g/mol. The number of ketones is 1. The molecular formula is C15H12N2O. The zero-order valence-corrected chi connectivity index (χ0v) is 10.00. The number of Topliss-reactive ketones (excluding diaryl/α,β-unsaturated/α-hetero) is 1. The molecule has 0 aliphatic carbocycles. The number of hydrogen-bond acceptors (Lipinski definition) is 2. The van der Waals surface area contributed by atoms with Crippen molar-refractivity contribution >= 4 is 11.4 Å². The highest BCUT2D eigenvalue weighted by molar-refractivity contribution is 5.95. The van der Waals surface area contributed by atoms with Crippen LogP contribution in [0.2, 0.25) is 0 Å². The highest BCUT2D eigenvalue weighted by Gasteiger charge is 2.06. The Kier molecular flexibility index (Phi) is 2.45. The van der Waals surface area contributed by atoms with E-state index in [1.165, 1.54) is 0 Å². The van der Waals surface area contributed by atoms with Crippen molar-refractivity contribution in [1.82, 2.24) is 9.38 Å². The summed E-state index contributed by atoms with van der Waals surface area (Å²) in [7, 11) is 0. The van der Waals surface area contributed by atoms with Gasteiger partial charge in [-0.25, -0.2) is 4.98 Å². The smallest absolute Gasteiger partial charge is 0.159 e. The standard InChI is InChI=1S/C15H12N2O/c1-11(18)12-5-4-6-13(9-12)14-10-17-8-3-2-7-15(17)16-14/h2-10H,1H3. The first kappa shape index (κ1) is 10.7. The van der Waals surface area contributed by atoms with Gasteiger partial charge in [0.2, 0.25) is 0 Å². The minimum absolute atomic E-state index is 0.0700. The number of aromatic nitrogens is 2. The summed E-state index contributed by atoms with van der Waals surface area (Å²) in [6.07, 6.45) is 3.93. The predicted molar refractivity (Wildman–Crippen MR) is 70.6 cm³/mol. The Labute approximate surface area is 105 Å². The molecule has 0 amide bonds. The van der Waals surface area contributed by atoms with Gasteiger partial charge in [-0.1, -0.05) is 24.3 Å². The third kappa shape index (κ3) is 1.80. The molecule has 0 saturated carbocycles. The first-order valence-electron chi connectivity index (χ1n) is 5.79. The van der Waals surface area contributed by atoms with E-state index in [-0.39, 0.29) is 5.78 Å². The second-order valence-corrected chi connectivity index (χ2v) is 4.23. The van der Waals surface area contributed by atoms with Gasteiger partial charge in [-0.05, 0) is 25.1 Å². The molecule has 0 aliphatic heterocycles. The van der Waals surface area contributed by atoms with Gasteiger partial charge in [-0.15, -0.1) is 0 Å². The summed E-state index contributed by atoms with van der Waals surface area (Å²) >= 11 is 0. The van der Waals surface area contributed by atoms with Crippen molar-refractivity contribution in [3.8, 4) is 11.3 Å². The van der Waals surface area contributed by atoms with Gasteiger partial charge in [0.25, 0.3) is 0 Å². The average molecular weight is 236 g/mol. The van der Waals surface area contributed by atoms with E-state index in [4.69, 9.17) is 0 Å². The van der Waals surface area contributed by atoms with E-state index in [9.17, 15) is 4.79 Å². The molecule has 0 N–H and O–H groups in total. The van der Waals surface area contributed by atoms with Crippen molar-refractivity contribution in [3.05, 3.63) is 60.4 Å².